The van der Waals surface area contributed by atoms with Crippen molar-refractivity contribution in [1.82, 2.24) is 9.97 Å². The van der Waals surface area contributed by atoms with Crippen LogP contribution in [0.25, 0.3) is 11.4 Å². The van der Waals surface area contributed by atoms with Gasteiger partial charge in [-0.2, -0.15) is 0 Å². The van der Waals surface area contributed by atoms with Crippen LogP contribution in [0.2, 0.25) is 0 Å². The fourth-order valence-electron chi connectivity index (χ4n) is 1.48. The first-order valence-corrected chi connectivity index (χ1v) is 6.18. The molecule has 0 bridgehead atoms. The molecule has 0 radical (unpaired) electrons. The Hall–Kier alpha value is -1.65. The Morgan fingerprint density at radius 3 is 2.44 bits per heavy atom. The van der Waals surface area contributed by atoms with Gasteiger partial charge in [0.2, 0.25) is 0 Å². The summed E-state index contributed by atoms with van der Waals surface area (Å²) in [6, 6.07) is 9.50. The standard InChI is InChI=1S/C13H14ClN3O/c14-8-12(18)9-17-11-4-2-10(3-5-11)13-15-6-1-7-16-13/h1-7,12,17-18H,8-9H2. The van der Waals surface area contributed by atoms with E-state index in [0.29, 0.717) is 12.4 Å². The molecule has 0 aliphatic rings. The molecule has 4 nitrogen and oxygen atoms in total. The zero-order valence-corrected chi connectivity index (χ0v) is 10.5. The Balaban J connectivity index is 2.02. The van der Waals surface area contributed by atoms with Crippen LogP contribution in [0.3, 0.4) is 0 Å². The highest BCUT2D eigenvalue weighted by Gasteiger charge is 2.02. The minimum Gasteiger partial charge on any atom is -0.390 e. The average Bonchev–Trinajstić information content (AvgIpc) is 2.46. The summed E-state index contributed by atoms with van der Waals surface area (Å²) in [6.07, 6.45) is 2.89. The number of aliphatic hydroxyl groups excluding tert-OH is 1. The third-order valence-electron chi connectivity index (χ3n) is 2.43. The van der Waals surface area contributed by atoms with E-state index < -0.39 is 6.10 Å². The quantitative estimate of drug-likeness (QED) is 0.812. The van der Waals surface area contributed by atoms with Gasteiger partial charge in [0.25, 0.3) is 0 Å². The van der Waals surface area contributed by atoms with E-state index >= 15 is 0 Å². The monoisotopic (exact) mass is 263 g/mol. The molecular weight excluding hydrogens is 250 g/mol. The molecule has 94 valence electrons. The molecule has 2 aromatic rings. The lowest BCUT2D eigenvalue weighted by Crippen LogP contribution is -2.20. The Morgan fingerprint density at radius 1 is 1.17 bits per heavy atom. The van der Waals surface area contributed by atoms with Crippen LogP contribution < -0.4 is 5.32 Å². The van der Waals surface area contributed by atoms with Gasteiger partial charge >= 0.3 is 0 Å². The Bertz CT molecular complexity index is 475. The summed E-state index contributed by atoms with van der Waals surface area (Å²) in [6.45, 7) is 0.435. The van der Waals surface area contributed by atoms with E-state index in [1.165, 1.54) is 0 Å². The third kappa shape index (κ3) is 3.42. The summed E-state index contributed by atoms with van der Waals surface area (Å²) in [5.74, 6) is 0.924. The zero-order valence-electron chi connectivity index (χ0n) is 9.75. The molecule has 0 spiro atoms. The molecule has 0 saturated heterocycles. The van der Waals surface area contributed by atoms with Crippen molar-refractivity contribution in [2.75, 3.05) is 17.7 Å². The van der Waals surface area contributed by atoms with Crippen molar-refractivity contribution >= 4 is 17.3 Å². The molecule has 2 N–H and O–H groups in total. The Labute approximate surface area is 111 Å². The van der Waals surface area contributed by atoms with E-state index in [-0.39, 0.29) is 5.88 Å². The van der Waals surface area contributed by atoms with Crippen LogP contribution in [0.15, 0.2) is 42.7 Å². The molecule has 1 unspecified atom stereocenters. The SMILES string of the molecule is OC(CCl)CNc1ccc(-c2ncccn2)cc1. The molecule has 1 atom stereocenters. The molecule has 0 aliphatic carbocycles. The molecular formula is C13H14ClN3O. The van der Waals surface area contributed by atoms with Gasteiger partial charge < -0.3 is 10.4 Å². The summed E-state index contributed by atoms with van der Waals surface area (Å²) in [5, 5.41) is 12.4. The van der Waals surface area contributed by atoms with E-state index in [1.54, 1.807) is 18.5 Å². The molecule has 1 heterocycles. The van der Waals surface area contributed by atoms with Gasteiger partial charge in [0.05, 0.1) is 12.0 Å². The first kappa shape index (κ1) is 12.8. The van der Waals surface area contributed by atoms with Crippen LogP contribution >= 0.6 is 11.6 Å². The van der Waals surface area contributed by atoms with Gasteiger partial charge in [-0.1, -0.05) is 0 Å². The van der Waals surface area contributed by atoms with Gasteiger partial charge in [0.1, 0.15) is 0 Å². The lowest BCUT2D eigenvalue weighted by atomic mass is 10.2. The van der Waals surface area contributed by atoms with Crippen molar-refractivity contribution in [3.63, 3.8) is 0 Å². The van der Waals surface area contributed by atoms with E-state index in [1.807, 2.05) is 24.3 Å². The predicted octanol–water partition coefficient (Wildman–Crippen LogP) is 2.16. The number of nitrogens with one attached hydrogen (secondary N) is 1. The normalized spacial score (nSPS) is 12.1. The minimum atomic E-state index is -0.538. The van der Waals surface area contributed by atoms with Crippen LogP contribution in [0.1, 0.15) is 0 Å². The summed E-state index contributed by atoms with van der Waals surface area (Å²) in [4.78, 5) is 8.35. The summed E-state index contributed by atoms with van der Waals surface area (Å²) in [7, 11) is 0. The number of alkyl halides is 1. The van der Waals surface area contributed by atoms with Crippen LogP contribution in [0, 0.1) is 0 Å². The second-order valence-corrected chi connectivity index (χ2v) is 4.15. The largest absolute Gasteiger partial charge is 0.390 e. The summed E-state index contributed by atoms with van der Waals surface area (Å²) < 4.78 is 0. The molecule has 5 heteroatoms. The molecule has 0 saturated carbocycles. The fourth-order valence-corrected chi connectivity index (χ4v) is 1.58. The van der Waals surface area contributed by atoms with E-state index in [4.69, 9.17) is 11.6 Å². The summed E-state index contributed by atoms with van der Waals surface area (Å²) in [5.41, 5.74) is 1.89. The van der Waals surface area contributed by atoms with E-state index in [2.05, 4.69) is 15.3 Å². The third-order valence-corrected chi connectivity index (χ3v) is 2.79. The number of halogens is 1. The van der Waals surface area contributed by atoms with Gasteiger partial charge in [-0.05, 0) is 30.3 Å². The maximum Gasteiger partial charge on any atom is 0.159 e. The lowest BCUT2D eigenvalue weighted by molar-refractivity contribution is 0.211. The van der Waals surface area contributed by atoms with Gasteiger partial charge in [-0.15, -0.1) is 11.6 Å². The first-order valence-electron chi connectivity index (χ1n) is 5.65. The minimum absolute atomic E-state index is 0.225. The van der Waals surface area contributed by atoms with Crippen molar-refractivity contribution in [3.05, 3.63) is 42.7 Å². The fraction of sp³-hybridized carbons (Fsp3) is 0.231. The molecule has 0 amide bonds. The lowest BCUT2D eigenvalue weighted by Gasteiger charge is -2.10. The van der Waals surface area contributed by atoms with Gasteiger partial charge in [-0.25, -0.2) is 9.97 Å². The highest BCUT2D eigenvalue weighted by Crippen LogP contribution is 2.17. The maximum absolute atomic E-state index is 9.34. The van der Waals surface area contributed by atoms with Gasteiger partial charge in [0, 0.05) is 30.2 Å². The first-order chi connectivity index (χ1) is 8.79. The number of hydrogen-bond donors (Lipinski definition) is 2. The molecule has 1 aromatic carbocycles. The average molecular weight is 264 g/mol. The Kier molecular flexibility index (Phi) is 4.50. The number of benzene rings is 1. The second-order valence-electron chi connectivity index (χ2n) is 3.84. The predicted molar refractivity (Wildman–Crippen MR) is 72.7 cm³/mol. The van der Waals surface area contributed by atoms with Crippen molar-refractivity contribution in [2.45, 2.75) is 6.10 Å². The highest BCUT2D eigenvalue weighted by atomic mass is 35.5. The molecule has 0 aliphatic heterocycles. The van der Waals surface area contributed by atoms with Crippen molar-refractivity contribution in [2.24, 2.45) is 0 Å². The summed E-state index contributed by atoms with van der Waals surface area (Å²) >= 11 is 5.52. The van der Waals surface area contributed by atoms with Crippen LogP contribution in [-0.4, -0.2) is 33.6 Å². The molecule has 0 fully saturated rings. The van der Waals surface area contributed by atoms with E-state index in [0.717, 1.165) is 11.3 Å². The smallest absolute Gasteiger partial charge is 0.159 e. The van der Waals surface area contributed by atoms with Gasteiger partial charge in [0.15, 0.2) is 5.82 Å². The topological polar surface area (TPSA) is 58.0 Å². The number of nitrogens with zero attached hydrogens (tertiary/aromatic N) is 2. The van der Waals surface area contributed by atoms with Crippen molar-refractivity contribution in [1.29, 1.82) is 0 Å². The zero-order chi connectivity index (χ0) is 12.8. The van der Waals surface area contributed by atoms with Gasteiger partial charge in [-0.3, -0.25) is 0 Å². The highest BCUT2D eigenvalue weighted by molar-refractivity contribution is 6.18. The van der Waals surface area contributed by atoms with E-state index in [9.17, 15) is 5.11 Å². The number of hydrogen-bond acceptors (Lipinski definition) is 4. The van der Waals surface area contributed by atoms with Crippen molar-refractivity contribution < 1.29 is 5.11 Å². The number of anilines is 1. The molecule has 2 rings (SSSR count). The van der Waals surface area contributed by atoms with Crippen LogP contribution in [0.4, 0.5) is 5.69 Å². The van der Waals surface area contributed by atoms with Crippen LogP contribution in [-0.2, 0) is 0 Å². The second kappa shape index (κ2) is 6.33. The Morgan fingerprint density at radius 2 is 1.83 bits per heavy atom. The number of aliphatic hydroxyl groups is 1. The molecule has 18 heavy (non-hydrogen) atoms. The number of aromatic nitrogens is 2. The number of rotatable bonds is 5. The van der Waals surface area contributed by atoms with Crippen molar-refractivity contribution in [3.8, 4) is 11.4 Å². The maximum atomic E-state index is 9.34. The van der Waals surface area contributed by atoms with Crippen LogP contribution in [0.5, 0.6) is 0 Å². The molecule has 1 aromatic heterocycles.